The molecule has 1 aromatic heterocycles. The van der Waals surface area contributed by atoms with Gasteiger partial charge in [-0.25, -0.2) is 4.98 Å². The number of methoxy groups -OCH3 is 1. The Morgan fingerprint density at radius 2 is 1.68 bits per heavy atom. The van der Waals surface area contributed by atoms with Gasteiger partial charge in [0, 0.05) is 22.4 Å². The quantitative estimate of drug-likeness (QED) is 0.768. The zero-order valence-corrected chi connectivity index (χ0v) is 14.5. The molecule has 4 nitrogen and oxygen atoms in total. The molecular formula is C21H19N3O. The minimum atomic E-state index is 0.245. The monoisotopic (exact) mass is 329 g/mol. The molecule has 25 heavy (non-hydrogen) atoms. The lowest BCUT2D eigenvalue weighted by molar-refractivity contribution is 0.416. The molecule has 0 saturated carbocycles. The highest BCUT2D eigenvalue weighted by Gasteiger charge is 2.21. The van der Waals surface area contributed by atoms with Gasteiger partial charge in [-0.05, 0) is 25.5 Å². The molecule has 0 spiro atoms. The third-order valence-corrected chi connectivity index (χ3v) is 4.23. The summed E-state index contributed by atoms with van der Waals surface area (Å²) in [6, 6.07) is 18.0. The number of nitrogens with two attached hydrogens (primary N) is 1. The molecule has 0 amide bonds. The van der Waals surface area contributed by atoms with Gasteiger partial charge in [-0.3, -0.25) is 0 Å². The molecule has 0 bridgehead atoms. The first kappa shape index (κ1) is 16.5. The average molecular weight is 329 g/mol. The molecule has 0 aliphatic carbocycles. The number of nitrogens with zero attached hydrogens (tertiary/aromatic N) is 2. The van der Waals surface area contributed by atoms with E-state index in [4.69, 9.17) is 10.5 Å². The van der Waals surface area contributed by atoms with Crippen molar-refractivity contribution < 1.29 is 4.74 Å². The molecular weight excluding hydrogens is 310 g/mol. The van der Waals surface area contributed by atoms with Crippen molar-refractivity contribution in [2.45, 2.75) is 13.8 Å². The molecule has 3 rings (SSSR count). The van der Waals surface area contributed by atoms with E-state index >= 15 is 0 Å². The van der Waals surface area contributed by atoms with E-state index in [1.165, 1.54) is 0 Å². The lowest BCUT2D eigenvalue weighted by Crippen LogP contribution is -2.04. The molecule has 0 saturated heterocycles. The van der Waals surface area contributed by atoms with Crippen LogP contribution in [0.5, 0.6) is 5.75 Å². The maximum Gasteiger partial charge on any atom is 0.142 e. The number of aromatic nitrogens is 1. The van der Waals surface area contributed by atoms with Crippen LogP contribution >= 0.6 is 0 Å². The Bertz CT molecular complexity index is 970. The number of ether oxygens (including phenoxy) is 1. The van der Waals surface area contributed by atoms with Crippen molar-refractivity contribution in [2.75, 3.05) is 12.8 Å². The first-order valence-electron chi connectivity index (χ1n) is 7.97. The summed E-state index contributed by atoms with van der Waals surface area (Å²) in [5, 5.41) is 9.70. The van der Waals surface area contributed by atoms with Gasteiger partial charge in [-0.1, -0.05) is 48.0 Å². The third-order valence-electron chi connectivity index (χ3n) is 4.23. The maximum absolute atomic E-state index is 9.70. The van der Waals surface area contributed by atoms with Crippen molar-refractivity contribution in [1.82, 2.24) is 4.98 Å². The first-order valence-corrected chi connectivity index (χ1v) is 7.97. The summed E-state index contributed by atoms with van der Waals surface area (Å²) < 4.78 is 5.53. The van der Waals surface area contributed by atoms with Crippen molar-refractivity contribution >= 4 is 5.82 Å². The molecule has 0 aliphatic heterocycles. The molecule has 2 N–H and O–H groups in total. The van der Waals surface area contributed by atoms with Gasteiger partial charge in [0.25, 0.3) is 0 Å². The fraction of sp³-hybridized carbons (Fsp3) is 0.143. The van der Waals surface area contributed by atoms with E-state index in [9.17, 15) is 5.26 Å². The van der Waals surface area contributed by atoms with Crippen LogP contribution in [0, 0.1) is 25.2 Å². The minimum Gasteiger partial charge on any atom is -0.496 e. The SMILES string of the molecule is COc1ccccc1-c1c(C)nc(N)c(C#N)c1-c1ccc(C)cc1. The van der Waals surface area contributed by atoms with Gasteiger partial charge in [-0.15, -0.1) is 0 Å². The van der Waals surface area contributed by atoms with Crippen LogP contribution in [0.15, 0.2) is 48.5 Å². The van der Waals surface area contributed by atoms with Crippen LogP contribution in [0.25, 0.3) is 22.3 Å². The first-order chi connectivity index (χ1) is 12.1. The molecule has 124 valence electrons. The minimum absolute atomic E-state index is 0.245. The number of benzene rings is 2. The number of hydrogen-bond donors (Lipinski definition) is 1. The topological polar surface area (TPSA) is 71.9 Å². The number of hydrogen-bond acceptors (Lipinski definition) is 4. The summed E-state index contributed by atoms with van der Waals surface area (Å²) >= 11 is 0. The van der Waals surface area contributed by atoms with Crippen LogP contribution in [0.3, 0.4) is 0 Å². The van der Waals surface area contributed by atoms with Gasteiger partial charge in [0.1, 0.15) is 23.2 Å². The number of pyridine rings is 1. The number of nitrogen functional groups attached to an aromatic ring is 1. The summed E-state index contributed by atoms with van der Waals surface area (Å²) in [5.41, 5.74) is 11.8. The molecule has 4 heteroatoms. The van der Waals surface area contributed by atoms with Gasteiger partial charge in [0.05, 0.1) is 7.11 Å². The standard InChI is InChI=1S/C21H19N3O/c1-13-8-10-15(11-9-13)20-17(12-22)21(23)24-14(2)19(20)16-6-4-5-7-18(16)25-3/h4-11H,1-3H3,(H2,23,24). The Kier molecular flexibility index (Phi) is 4.40. The average Bonchev–Trinajstić information content (AvgIpc) is 2.62. The summed E-state index contributed by atoms with van der Waals surface area (Å²) in [6.07, 6.45) is 0. The number of anilines is 1. The van der Waals surface area contributed by atoms with Crippen LogP contribution in [-0.2, 0) is 0 Å². The van der Waals surface area contributed by atoms with E-state index in [1.807, 2.05) is 62.4 Å². The Balaban J connectivity index is 2.43. The Morgan fingerprint density at radius 1 is 1.00 bits per heavy atom. The van der Waals surface area contributed by atoms with Crippen molar-refractivity contribution in [1.29, 1.82) is 5.26 Å². The van der Waals surface area contributed by atoms with E-state index in [0.717, 1.165) is 39.3 Å². The fourth-order valence-electron chi connectivity index (χ4n) is 3.03. The van der Waals surface area contributed by atoms with Crippen LogP contribution in [-0.4, -0.2) is 12.1 Å². The van der Waals surface area contributed by atoms with E-state index in [0.29, 0.717) is 5.56 Å². The second-order valence-electron chi connectivity index (χ2n) is 5.89. The van der Waals surface area contributed by atoms with Crippen LogP contribution in [0.4, 0.5) is 5.82 Å². The Hall–Kier alpha value is -3.32. The van der Waals surface area contributed by atoms with Gasteiger partial charge in [0.15, 0.2) is 0 Å². The van der Waals surface area contributed by atoms with E-state index in [-0.39, 0.29) is 5.82 Å². The fourth-order valence-corrected chi connectivity index (χ4v) is 3.03. The highest BCUT2D eigenvalue weighted by molar-refractivity contribution is 5.92. The zero-order valence-electron chi connectivity index (χ0n) is 14.5. The van der Waals surface area contributed by atoms with E-state index in [1.54, 1.807) is 7.11 Å². The zero-order chi connectivity index (χ0) is 18.0. The maximum atomic E-state index is 9.70. The van der Waals surface area contributed by atoms with Crippen LogP contribution in [0.2, 0.25) is 0 Å². The molecule has 1 heterocycles. The third kappa shape index (κ3) is 2.92. The highest BCUT2D eigenvalue weighted by atomic mass is 16.5. The van der Waals surface area contributed by atoms with Crippen LogP contribution < -0.4 is 10.5 Å². The summed E-state index contributed by atoms with van der Waals surface area (Å²) in [6.45, 7) is 3.93. The Labute approximate surface area is 147 Å². The van der Waals surface area contributed by atoms with Crippen molar-refractivity contribution in [3.05, 3.63) is 65.4 Å². The summed E-state index contributed by atoms with van der Waals surface area (Å²) in [4.78, 5) is 4.40. The molecule has 2 aromatic carbocycles. The number of rotatable bonds is 3. The summed E-state index contributed by atoms with van der Waals surface area (Å²) in [5.74, 6) is 0.976. The number of para-hydroxylation sites is 1. The van der Waals surface area contributed by atoms with E-state index in [2.05, 4.69) is 11.1 Å². The van der Waals surface area contributed by atoms with E-state index < -0.39 is 0 Å². The number of nitriles is 1. The molecule has 0 fully saturated rings. The van der Waals surface area contributed by atoms with Crippen molar-refractivity contribution in [3.63, 3.8) is 0 Å². The molecule has 0 unspecified atom stereocenters. The second-order valence-corrected chi connectivity index (χ2v) is 5.89. The Morgan fingerprint density at radius 3 is 2.32 bits per heavy atom. The molecule has 0 radical (unpaired) electrons. The normalized spacial score (nSPS) is 10.3. The van der Waals surface area contributed by atoms with Crippen molar-refractivity contribution in [3.8, 4) is 34.1 Å². The summed E-state index contributed by atoms with van der Waals surface area (Å²) in [7, 11) is 1.63. The number of aryl methyl sites for hydroxylation is 2. The second kappa shape index (κ2) is 6.66. The largest absolute Gasteiger partial charge is 0.496 e. The van der Waals surface area contributed by atoms with Gasteiger partial charge >= 0.3 is 0 Å². The smallest absolute Gasteiger partial charge is 0.142 e. The predicted molar refractivity (Wildman–Crippen MR) is 100 cm³/mol. The van der Waals surface area contributed by atoms with Crippen molar-refractivity contribution in [2.24, 2.45) is 0 Å². The van der Waals surface area contributed by atoms with Gasteiger partial charge in [-0.2, -0.15) is 5.26 Å². The van der Waals surface area contributed by atoms with Crippen LogP contribution in [0.1, 0.15) is 16.8 Å². The highest BCUT2D eigenvalue weighted by Crippen LogP contribution is 2.42. The lowest BCUT2D eigenvalue weighted by atomic mass is 9.89. The lowest BCUT2D eigenvalue weighted by Gasteiger charge is -2.18. The molecule has 0 atom stereocenters. The molecule has 3 aromatic rings. The van der Waals surface area contributed by atoms with Gasteiger partial charge in [0.2, 0.25) is 0 Å². The predicted octanol–water partition coefficient (Wildman–Crippen LogP) is 4.49. The molecule has 0 aliphatic rings. The van der Waals surface area contributed by atoms with Gasteiger partial charge < -0.3 is 10.5 Å².